The number of alkyl halides is 2. The molecule has 0 aromatic carbocycles. The Morgan fingerprint density at radius 3 is 2.31 bits per heavy atom. The van der Waals surface area contributed by atoms with Crippen LogP contribution >= 0.6 is 0 Å². The summed E-state index contributed by atoms with van der Waals surface area (Å²) in [6.45, 7) is 0.748. The molecule has 2 atom stereocenters. The summed E-state index contributed by atoms with van der Waals surface area (Å²) < 4.78 is 25.6. The quantitative estimate of drug-likeness (QED) is 0.709. The SMILES string of the molecule is NCC1CC1C1CCC(F)(F)CC1. The van der Waals surface area contributed by atoms with Crippen LogP contribution in [0.4, 0.5) is 8.78 Å². The lowest BCUT2D eigenvalue weighted by molar-refractivity contribution is -0.0484. The molecule has 76 valence electrons. The topological polar surface area (TPSA) is 26.0 Å². The second-order valence-electron chi connectivity index (χ2n) is 4.59. The van der Waals surface area contributed by atoms with Crippen LogP contribution in [0.1, 0.15) is 32.1 Å². The maximum atomic E-state index is 12.8. The van der Waals surface area contributed by atoms with Gasteiger partial charge in [0.2, 0.25) is 5.92 Å². The van der Waals surface area contributed by atoms with Crippen molar-refractivity contribution in [2.24, 2.45) is 23.5 Å². The van der Waals surface area contributed by atoms with Gasteiger partial charge in [-0.25, -0.2) is 8.78 Å². The van der Waals surface area contributed by atoms with Crippen molar-refractivity contribution in [1.29, 1.82) is 0 Å². The Balaban J connectivity index is 1.79. The Bertz CT molecular complexity index is 183. The van der Waals surface area contributed by atoms with Crippen LogP contribution < -0.4 is 5.73 Å². The molecule has 2 aliphatic rings. The highest BCUT2D eigenvalue weighted by molar-refractivity contribution is 4.94. The van der Waals surface area contributed by atoms with Gasteiger partial charge in [-0.15, -0.1) is 0 Å². The fourth-order valence-corrected chi connectivity index (χ4v) is 2.61. The lowest BCUT2D eigenvalue weighted by atomic mass is 9.83. The zero-order chi connectivity index (χ0) is 9.47. The van der Waals surface area contributed by atoms with Gasteiger partial charge < -0.3 is 5.73 Å². The smallest absolute Gasteiger partial charge is 0.248 e. The molecular weight excluding hydrogens is 172 g/mol. The Hall–Kier alpha value is -0.180. The summed E-state index contributed by atoms with van der Waals surface area (Å²) in [5, 5.41) is 0. The van der Waals surface area contributed by atoms with E-state index in [-0.39, 0.29) is 12.8 Å². The average Bonchev–Trinajstić information content (AvgIpc) is 2.83. The second-order valence-corrected chi connectivity index (χ2v) is 4.59. The monoisotopic (exact) mass is 189 g/mol. The molecule has 0 amide bonds. The van der Waals surface area contributed by atoms with Crippen molar-refractivity contribution in [1.82, 2.24) is 0 Å². The lowest BCUT2D eigenvalue weighted by Crippen LogP contribution is -2.26. The summed E-state index contributed by atoms with van der Waals surface area (Å²) in [6.07, 6.45) is 2.83. The average molecular weight is 189 g/mol. The first kappa shape index (κ1) is 9.38. The maximum Gasteiger partial charge on any atom is 0.248 e. The first-order valence-electron chi connectivity index (χ1n) is 5.20. The van der Waals surface area contributed by atoms with Gasteiger partial charge in [-0.3, -0.25) is 0 Å². The van der Waals surface area contributed by atoms with E-state index in [1.165, 1.54) is 6.42 Å². The van der Waals surface area contributed by atoms with Gasteiger partial charge >= 0.3 is 0 Å². The third-order valence-corrected chi connectivity index (χ3v) is 3.65. The van der Waals surface area contributed by atoms with E-state index in [0.29, 0.717) is 30.6 Å². The molecular formula is C10H17F2N. The largest absolute Gasteiger partial charge is 0.330 e. The summed E-state index contributed by atoms with van der Waals surface area (Å²) in [7, 11) is 0. The minimum Gasteiger partial charge on any atom is -0.330 e. The molecule has 0 heterocycles. The zero-order valence-electron chi connectivity index (χ0n) is 7.81. The maximum absolute atomic E-state index is 12.8. The molecule has 0 aromatic rings. The Kier molecular flexibility index (Phi) is 2.30. The fraction of sp³-hybridized carbons (Fsp3) is 1.00. The van der Waals surface area contributed by atoms with E-state index < -0.39 is 5.92 Å². The first-order valence-corrected chi connectivity index (χ1v) is 5.20. The van der Waals surface area contributed by atoms with Crippen LogP contribution in [0.3, 0.4) is 0 Å². The highest BCUT2D eigenvalue weighted by Crippen LogP contribution is 2.50. The molecule has 2 unspecified atom stereocenters. The van der Waals surface area contributed by atoms with Gasteiger partial charge in [-0.1, -0.05) is 0 Å². The Labute approximate surface area is 77.7 Å². The molecule has 2 rings (SSSR count). The van der Waals surface area contributed by atoms with Crippen molar-refractivity contribution in [2.75, 3.05) is 6.54 Å². The van der Waals surface area contributed by atoms with E-state index in [2.05, 4.69) is 0 Å². The summed E-state index contributed by atoms with van der Waals surface area (Å²) in [6, 6.07) is 0. The molecule has 2 saturated carbocycles. The number of rotatable bonds is 2. The Morgan fingerprint density at radius 1 is 1.23 bits per heavy atom. The molecule has 13 heavy (non-hydrogen) atoms. The standard InChI is InChI=1S/C10H17F2N/c11-10(12)3-1-7(2-4-10)9-5-8(9)6-13/h7-9H,1-6,13H2. The summed E-state index contributed by atoms with van der Waals surface area (Å²) in [5.74, 6) is -0.491. The summed E-state index contributed by atoms with van der Waals surface area (Å²) in [4.78, 5) is 0. The molecule has 0 aliphatic heterocycles. The molecule has 0 radical (unpaired) electrons. The number of hydrogen-bond donors (Lipinski definition) is 1. The van der Waals surface area contributed by atoms with Crippen LogP contribution in [-0.4, -0.2) is 12.5 Å². The number of nitrogens with two attached hydrogens (primary N) is 1. The van der Waals surface area contributed by atoms with Gasteiger partial charge in [-0.2, -0.15) is 0 Å². The van der Waals surface area contributed by atoms with Gasteiger partial charge in [0, 0.05) is 12.8 Å². The van der Waals surface area contributed by atoms with Gasteiger partial charge in [-0.05, 0) is 43.6 Å². The highest BCUT2D eigenvalue weighted by atomic mass is 19.3. The van der Waals surface area contributed by atoms with E-state index in [0.717, 1.165) is 6.54 Å². The van der Waals surface area contributed by atoms with E-state index in [9.17, 15) is 8.78 Å². The molecule has 0 aromatic heterocycles. The van der Waals surface area contributed by atoms with E-state index in [1.54, 1.807) is 0 Å². The fourth-order valence-electron chi connectivity index (χ4n) is 2.61. The van der Waals surface area contributed by atoms with Crippen LogP contribution in [0.25, 0.3) is 0 Å². The van der Waals surface area contributed by atoms with Crippen LogP contribution in [0, 0.1) is 17.8 Å². The van der Waals surface area contributed by atoms with Crippen molar-refractivity contribution in [3.8, 4) is 0 Å². The van der Waals surface area contributed by atoms with Crippen molar-refractivity contribution >= 4 is 0 Å². The second kappa shape index (κ2) is 3.19. The van der Waals surface area contributed by atoms with Crippen molar-refractivity contribution in [3.05, 3.63) is 0 Å². The third kappa shape index (κ3) is 2.01. The normalized spacial score (nSPS) is 39.0. The Morgan fingerprint density at radius 2 is 1.85 bits per heavy atom. The molecule has 0 bridgehead atoms. The molecule has 3 heteroatoms. The predicted octanol–water partition coefficient (Wildman–Crippen LogP) is 2.41. The number of hydrogen-bond acceptors (Lipinski definition) is 1. The van der Waals surface area contributed by atoms with Crippen LogP contribution in [0.2, 0.25) is 0 Å². The molecule has 2 aliphatic carbocycles. The minimum absolute atomic E-state index is 0.103. The van der Waals surface area contributed by atoms with Gasteiger partial charge in [0.15, 0.2) is 0 Å². The van der Waals surface area contributed by atoms with E-state index in [4.69, 9.17) is 5.73 Å². The van der Waals surface area contributed by atoms with Gasteiger partial charge in [0.05, 0.1) is 0 Å². The van der Waals surface area contributed by atoms with Crippen LogP contribution in [0.5, 0.6) is 0 Å². The highest BCUT2D eigenvalue weighted by Gasteiger charge is 2.45. The molecule has 2 fully saturated rings. The summed E-state index contributed by atoms with van der Waals surface area (Å²) >= 11 is 0. The molecule has 0 spiro atoms. The van der Waals surface area contributed by atoms with Crippen molar-refractivity contribution in [3.63, 3.8) is 0 Å². The lowest BCUT2D eigenvalue weighted by Gasteiger charge is -2.28. The van der Waals surface area contributed by atoms with Gasteiger partial charge in [0.25, 0.3) is 0 Å². The molecule has 0 saturated heterocycles. The molecule has 1 nitrogen and oxygen atoms in total. The predicted molar refractivity (Wildman–Crippen MR) is 47.6 cm³/mol. The van der Waals surface area contributed by atoms with Crippen molar-refractivity contribution in [2.45, 2.75) is 38.0 Å². The van der Waals surface area contributed by atoms with Gasteiger partial charge in [0.1, 0.15) is 0 Å². The third-order valence-electron chi connectivity index (χ3n) is 3.65. The van der Waals surface area contributed by atoms with Crippen molar-refractivity contribution < 1.29 is 8.78 Å². The van der Waals surface area contributed by atoms with Crippen LogP contribution in [0.15, 0.2) is 0 Å². The van der Waals surface area contributed by atoms with Crippen LogP contribution in [-0.2, 0) is 0 Å². The molecule has 2 N–H and O–H groups in total. The zero-order valence-corrected chi connectivity index (χ0v) is 7.81. The summed E-state index contributed by atoms with van der Waals surface area (Å²) in [5.41, 5.74) is 5.54. The van der Waals surface area contributed by atoms with E-state index in [1.807, 2.05) is 0 Å². The van der Waals surface area contributed by atoms with E-state index >= 15 is 0 Å². The first-order chi connectivity index (χ1) is 6.12. The minimum atomic E-state index is -2.37. The number of halogens is 2.